The smallest absolute Gasteiger partial charge is 0.306 e. The third-order valence-corrected chi connectivity index (χ3v) is 4.77. The predicted molar refractivity (Wildman–Crippen MR) is 114 cm³/mol. The minimum atomic E-state index is -3.56. The molecule has 0 spiro atoms. The van der Waals surface area contributed by atoms with Crippen molar-refractivity contribution in [3.63, 3.8) is 0 Å². The number of carbonyl (C=O) groups excluding carboxylic acids is 1. The van der Waals surface area contributed by atoms with Crippen molar-refractivity contribution in [2.24, 2.45) is 0 Å². The molecule has 0 N–H and O–H groups in total. The largest absolute Gasteiger partial charge is 0.494 e. The maximum Gasteiger partial charge on any atom is 0.306 e. The molecular formula is C22H29NO5S. The molecule has 0 bridgehead atoms. The van der Waals surface area contributed by atoms with E-state index in [1.807, 2.05) is 26.0 Å². The van der Waals surface area contributed by atoms with Crippen LogP contribution in [0.4, 0.5) is 0 Å². The van der Waals surface area contributed by atoms with Crippen molar-refractivity contribution in [1.29, 1.82) is 0 Å². The van der Waals surface area contributed by atoms with Crippen LogP contribution >= 0.6 is 0 Å². The van der Waals surface area contributed by atoms with Gasteiger partial charge in [-0.2, -0.15) is 8.42 Å². The van der Waals surface area contributed by atoms with Crippen molar-refractivity contribution in [2.75, 3.05) is 12.9 Å². The van der Waals surface area contributed by atoms with E-state index in [2.05, 4.69) is 6.92 Å². The van der Waals surface area contributed by atoms with Gasteiger partial charge in [0.1, 0.15) is 11.5 Å². The Hall–Kier alpha value is -2.54. The molecule has 2 aromatic rings. The first-order valence-electron chi connectivity index (χ1n) is 9.72. The molecule has 29 heavy (non-hydrogen) atoms. The summed E-state index contributed by atoms with van der Waals surface area (Å²) in [6.07, 6.45) is 3.07. The van der Waals surface area contributed by atoms with Crippen LogP contribution in [0.5, 0.6) is 11.5 Å². The average molecular weight is 420 g/mol. The molecule has 1 amide bonds. The van der Waals surface area contributed by atoms with Crippen LogP contribution in [0.2, 0.25) is 0 Å². The molecule has 2 aromatic carbocycles. The number of unbranched alkanes of at least 4 members (excludes halogenated alkanes) is 1. The van der Waals surface area contributed by atoms with Crippen LogP contribution in [0.25, 0.3) is 0 Å². The fourth-order valence-electron chi connectivity index (χ4n) is 2.70. The number of hydrogen-bond acceptors (Lipinski definition) is 5. The minimum Gasteiger partial charge on any atom is -0.494 e. The molecule has 0 heterocycles. The lowest BCUT2D eigenvalue weighted by Gasteiger charge is -2.27. The highest BCUT2D eigenvalue weighted by Gasteiger charge is 2.19. The monoisotopic (exact) mass is 419 g/mol. The van der Waals surface area contributed by atoms with E-state index in [0.29, 0.717) is 18.7 Å². The molecule has 0 aliphatic rings. The summed E-state index contributed by atoms with van der Waals surface area (Å²) in [6.45, 7) is 7.10. The molecular weight excluding hydrogens is 390 g/mol. The summed E-state index contributed by atoms with van der Waals surface area (Å²) in [7, 11) is -3.56. The van der Waals surface area contributed by atoms with Crippen LogP contribution in [-0.4, -0.2) is 38.1 Å². The normalized spacial score (nSPS) is 11.3. The molecule has 0 unspecified atom stereocenters. The van der Waals surface area contributed by atoms with Crippen LogP contribution in [0.15, 0.2) is 48.5 Å². The highest BCUT2D eigenvalue weighted by Crippen LogP contribution is 2.19. The standard InChI is InChI=1S/C22H29NO5S/c1-5-6-15-27-20-13-9-19(10-14-20)22(24)23(17(2)3)16-18-7-11-21(12-8-18)28-29(4,25)26/h7-14,17H,5-6,15-16H2,1-4H3. The summed E-state index contributed by atoms with van der Waals surface area (Å²) in [4.78, 5) is 14.8. The highest BCUT2D eigenvalue weighted by molar-refractivity contribution is 7.86. The van der Waals surface area contributed by atoms with Gasteiger partial charge in [0.2, 0.25) is 0 Å². The van der Waals surface area contributed by atoms with Crippen LogP contribution in [0.3, 0.4) is 0 Å². The Bertz CT molecular complexity index is 890. The Morgan fingerprint density at radius 3 is 2.10 bits per heavy atom. The van der Waals surface area contributed by atoms with E-state index in [0.717, 1.165) is 30.4 Å². The number of hydrogen-bond donors (Lipinski definition) is 0. The van der Waals surface area contributed by atoms with Gasteiger partial charge < -0.3 is 13.8 Å². The second kappa shape index (κ2) is 10.3. The Morgan fingerprint density at radius 2 is 1.59 bits per heavy atom. The maximum atomic E-state index is 13.0. The third-order valence-electron chi connectivity index (χ3n) is 4.28. The average Bonchev–Trinajstić information content (AvgIpc) is 2.66. The third kappa shape index (κ3) is 7.42. The minimum absolute atomic E-state index is 0.00470. The summed E-state index contributed by atoms with van der Waals surface area (Å²) in [5.74, 6) is 0.932. The zero-order valence-corrected chi connectivity index (χ0v) is 18.2. The summed E-state index contributed by atoms with van der Waals surface area (Å²) in [6, 6.07) is 13.9. The molecule has 0 aliphatic carbocycles. The first kappa shape index (κ1) is 22.7. The van der Waals surface area contributed by atoms with Gasteiger partial charge in [-0.1, -0.05) is 25.5 Å². The molecule has 0 atom stereocenters. The summed E-state index contributed by atoms with van der Waals surface area (Å²) >= 11 is 0. The summed E-state index contributed by atoms with van der Waals surface area (Å²) in [5, 5.41) is 0. The van der Waals surface area contributed by atoms with Crippen molar-refractivity contribution >= 4 is 16.0 Å². The second-order valence-corrected chi connectivity index (χ2v) is 8.76. The second-order valence-electron chi connectivity index (χ2n) is 7.18. The van der Waals surface area contributed by atoms with E-state index < -0.39 is 10.1 Å². The molecule has 0 saturated carbocycles. The van der Waals surface area contributed by atoms with E-state index >= 15 is 0 Å². The van der Waals surface area contributed by atoms with Crippen molar-refractivity contribution < 1.29 is 22.1 Å². The highest BCUT2D eigenvalue weighted by atomic mass is 32.2. The topological polar surface area (TPSA) is 72.9 Å². The van der Waals surface area contributed by atoms with Gasteiger partial charge in [0, 0.05) is 18.2 Å². The number of nitrogens with zero attached hydrogens (tertiary/aromatic N) is 1. The van der Waals surface area contributed by atoms with Gasteiger partial charge in [-0.3, -0.25) is 4.79 Å². The molecule has 0 radical (unpaired) electrons. The lowest BCUT2D eigenvalue weighted by atomic mass is 10.1. The van der Waals surface area contributed by atoms with Crippen molar-refractivity contribution in [1.82, 2.24) is 4.90 Å². The molecule has 6 nitrogen and oxygen atoms in total. The molecule has 2 rings (SSSR count). The molecule has 0 saturated heterocycles. The fraction of sp³-hybridized carbons (Fsp3) is 0.409. The number of benzene rings is 2. The quantitative estimate of drug-likeness (QED) is 0.425. The maximum absolute atomic E-state index is 13.0. The molecule has 0 fully saturated rings. The van der Waals surface area contributed by atoms with Crippen molar-refractivity contribution in [3.8, 4) is 11.5 Å². The Morgan fingerprint density at radius 1 is 1.00 bits per heavy atom. The predicted octanol–water partition coefficient (Wildman–Crippen LogP) is 4.25. The Labute approximate surface area is 173 Å². The summed E-state index contributed by atoms with van der Waals surface area (Å²) < 4.78 is 32.9. The lowest BCUT2D eigenvalue weighted by Crippen LogP contribution is -2.36. The first-order valence-corrected chi connectivity index (χ1v) is 11.5. The van der Waals surface area contributed by atoms with Gasteiger partial charge in [-0.25, -0.2) is 0 Å². The van der Waals surface area contributed by atoms with Crippen molar-refractivity contribution in [2.45, 2.75) is 46.2 Å². The Balaban J connectivity index is 2.07. The van der Waals surface area contributed by atoms with E-state index in [1.54, 1.807) is 41.3 Å². The van der Waals surface area contributed by atoms with E-state index in [-0.39, 0.29) is 17.7 Å². The number of ether oxygens (including phenoxy) is 1. The molecule has 0 aliphatic heterocycles. The number of rotatable bonds is 10. The molecule has 0 aromatic heterocycles. The van der Waals surface area contributed by atoms with Gasteiger partial charge >= 0.3 is 10.1 Å². The molecule has 7 heteroatoms. The van der Waals surface area contributed by atoms with Crippen LogP contribution in [0.1, 0.15) is 49.5 Å². The fourth-order valence-corrected chi connectivity index (χ4v) is 3.17. The molecule has 158 valence electrons. The van der Waals surface area contributed by atoms with Gasteiger partial charge in [0.05, 0.1) is 12.9 Å². The van der Waals surface area contributed by atoms with Crippen molar-refractivity contribution in [3.05, 3.63) is 59.7 Å². The SMILES string of the molecule is CCCCOc1ccc(C(=O)N(Cc2ccc(OS(C)(=O)=O)cc2)C(C)C)cc1. The van der Waals surface area contributed by atoms with Gasteiger partial charge in [0.15, 0.2) is 0 Å². The van der Waals surface area contributed by atoms with Crippen LogP contribution < -0.4 is 8.92 Å². The van der Waals surface area contributed by atoms with Gasteiger partial charge in [0.25, 0.3) is 5.91 Å². The number of carbonyl (C=O) groups is 1. The zero-order chi connectivity index (χ0) is 21.4. The zero-order valence-electron chi connectivity index (χ0n) is 17.4. The van der Waals surface area contributed by atoms with E-state index in [9.17, 15) is 13.2 Å². The van der Waals surface area contributed by atoms with Crippen LogP contribution in [-0.2, 0) is 16.7 Å². The van der Waals surface area contributed by atoms with Gasteiger partial charge in [-0.05, 0) is 62.2 Å². The van der Waals surface area contributed by atoms with E-state index in [4.69, 9.17) is 8.92 Å². The van der Waals surface area contributed by atoms with E-state index in [1.165, 1.54) is 0 Å². The van der Waals surface area contributed by atoms with Gasteiger partial charge in [-0.15, -0.1) is 0 Å². The summed E-state index contributed by atoms with van der Waals surface area (Å²) in [5.41, 5.74) is 1.48. The lowest BCUT2D eigenvalue weighted by molar-refractivity contribution is 0.0690. The van der Waals surface area contributed by atoms with Crippen LogP contribution in [0, 0.1) is 0 Å². The first-order chi connectivity index (χ1) is 13.7. The Kier molecular flexibility index (Phi) is 8.08. The number of amides is 1.